The minimum Gasteiger partial charge on any atom is -0.379 e. The molecule has 1 saturated heterocycles. The van der Waals surface area contributed by atoms with E-state index in [1.807, 2.05) is 35.9 Å². The van der Waals surface area contributed by atoms with E-state index in [2.05, 4.69) is 15.5 Å². The number of nitrogens with one attached hydrogen (secondary N) is 1. The molecule has 0 atom stereocenters. The zero-order valence-electron chi connectivity index (χ0n) is 17.8. The van der Waals surface area contributed by atoms with Gasteiger partial charge in [-0.1, -0.05) is 24.3 Å². The normalized spacial score (nSPS) is 14.9. The first-order valence-electron chi connectivity index (χ1n) is 10.3. The fourth-order valence-electron chi connectivity index (χ4n) is 3.53. The highest BCUT2D eigenvalue weighted by Gasteiger charge is 2.26. The molecule has 1 aliphatic rings. The molecular formula is C22H25N5O4S. The van der Waals surface area contributed by atoms with Gasteiger partial charge >= 0.3 is 0 Å². The molecule has 32 heavy (non-hydrogen) atoms. The van der Waals surface area contributed by atoms with Gasteiger partial charge in [0, 0.05) is 37.8 Å². The number of carbonyl (C=O) groups is 1. The van der Waals surface area contributed by atoms with Crippen molar-refractivity contribution in [3.05, 3.63) is 60.4 Å². The first-order chi connectivity index (χ1) is 15.4. The number of anilines is 1. The first kappa shape index (κ1) is 22.1. The van der Waals surface area contributed by atoms with Crippen LogP contribution < -0.4 is 5.32 Å². The number of hydrogen-bond donors (Lipinski definition) is 1. The fourth-order valence-corrected chi connectivity index (χ4v) is 4.93. The molecule has 0 aliphatic carbocycles. The minimum absolute atomic E-state index is 0.120. The summed E-state index contributed by atoms with van der Waals surface area (Å²) in [5.74, 6) is 0.596. The SMILES string of the molecule is Cn1cnnc1-c1cccc(NC(=O)CCc2ccc(S(=O)(=O)N3CCOCC3)cc2)c1. The predicted molar refractivity (Wildman–Crippen MR) is 119 cm³/mol. The van der Waals surface area contributed by atoms with Crippen LogP contribution in [0.2, 0.25) is 0 Å². The van der Waals surface area contributed by atoms with Crippen molar-refractivity contribution in [2.75, 3.05) is 31.6 Å². The van der Waals surface area contributed by atoms with E-state index in [-0.39, 0.29) is 17.2 Å². The van der Waals surface area contributed by atoms with E-state index in [1.54, 1.807) is 30.6 Å². The number of carbonyl (C=O) groups excluding carboxylic acids is 1. The second kappa shape index (κ2) is 9.60. The fraction of sp³-hybridized carbons (Fsp3) is 0.318. The van der Waals surface area contributed by atoms with Crippen molar-refractivity contribution in [1.29, 1.82) is 0 Å². The van der Waals surface area contributed by atoms with Crippen LogP contribution in [0.15, 0.2) is 59.8 Å². The second-order valence-corrected chi connectivity index (χ2v) is 9.49. The van der Waals surface area contributed by atoms with Gasteiger partial charge in [0.15, 0.2) is 5.82 Å². The molecule has 0 radical (unpaired) electrons. The van der Waals surface area contributed by atoms with Gasteiger partial charge in [-0.15, -0.1) is 10.2 Å². The molecule has 0 spiro atoms. The van der Waals surface area contributed by atoms with Crippen LogP contribution in [-0.2, 0) is 33.0 Å². The average molecular weight is 456 g/mol. The standard InChI is InChI=1S/C22H25N5O4S/c1-26-16-23-25-22(26)18-3-2-4-19(15-18)24-21(28)10-7-17-5-8-20(9-6-17)32(29,30)27-11-13-31-14-12-27/h2-6,8-9,15-16H,7,10-14H2,1H3,(H,24,28). The van der Waals surface area contributed by atoms with Gasteiger partial charge in [0.05, 0.1) is 18.1 Å². The van der Waals surface area contributed by atoms with E-state index in [9.17, 15) is 13.2 Å². The highest BCUT2D eigenvalue weighted by Crippen LogP contribution is 2.21. The van der Waals surface area contributed by atoms with Crippen LogP contribution in [0, 0.1) is 0 Å². The number of morpholine rings is 1. The van der Waals surface area contributed by atoms with Crippen molar-refractivity contribution in [2.24, 2.45) is 7.05 Å². The van der Waals surface area contributed by atoms with E-state index in [1.165, 1.54) is 4.31 Å². The molecule has 1 aromatic heterocycles. The Morgan fingerprint density at radius 1 is 1.12 bits per heavy atom. The summed E-state index contributed by atoms with van der Waals surface area (Å²) in [5.41, 5.74) is 2.44. The van der Waals surface area contributed by atoms with Crippen LogP contribution in [0.5, 0.6) is 0 Å². The van der Waals surface area contributed by atoms with Gasteiger partial charge in [0.1, 0.15) is 6.33 Å². The monoisotopic (exact) mass is 455 g/mol. The van der Waals surface area contributed by atoms with Crippen LogP contribution in [0.3, 0.4) is 0 Å². The lowest BCUT2D eigenvalue weighted by Crippen LogP contribution is -2.40. The van der Waals surface area contributed by atoms with Gasteiger partial charge < -0.3 is 14.6 Å². The predicted octanol–water partition coefficient (Wildman–Crippen LogP) is 2.07. The third-order valence-corrected chi connectivity index (χ3v) is 7.20. The molecule has 2 aromatic carbocycles. The van der Waals surface area contributed by atoms with Crippen LogP contribution >= 0.6 is 0 Å². The first-order valence-corrected chi connectivity index (χ1v) is 11.8. The van der Waals surface area contributed by atoms with E-state index < -0.39 is 10.0 Å². The molecule has 0 unspecified atom stereocenters. The smallest absolute Gasteiger partial charge is 0.243 e. The molecular weight excluding hydrogens is 430 g/mol. The number of aryl methyl sites for hydroxylation is 2. The van der Waals surface area contributed by atoms with Crippen molar-refractivity contribution in [2.45, 2.75) is 17.7 Å². The molecule has 2 heterocycles. The zero-order chi connectivity index (χ0) is 22.6. The maximum Gasteiger partial charge on any atom is 0.243 e. The van der Waals surface area contributed by atoms with Crippen molar-refractivity contribution >= 4 is 21.6 Å². The van der Waals surface area contributed by atoms with Crippen LogP contribution in [0.1, 0.15) is 12.0 Å². The van der Waals surface area contributed by atoms with Crippen molar-refractivity contribution in [1.82, 2.24) is 19.1 Å². The Morgan fingerprint density at radius 3 is 2.56 bits per heavy atom. The quantitative estimate of drug-likeness (QED) is 0.585. The summed E-state index contributed by atoms with van der Waals surface area (Å²) in [6.07, 6.45) is 2.41. The largest absolute Gasteiger partial charge is 0.379 e. The van der Waals surface area contributed by atoms with Crippen molar-refractivity contribution < 1.29 is 17.9 Å². The average Bonchev–Trinajstić information content (AvgIpc) is 3.24. The topological polar surface area (TPSA) is 106 Å². The third kappa shape index (κ3) is 5.04. The Kier molecular flexibility index (Phi) is 6.63. The molecule has 10 heteroatoms. The van der Waals surface area contributed by atoms with Gasteiger partial charge in [0.25, 0.3) is 0 Å². The lowest BCUT2D eigenvalue weighted by atomic mass is 10.1. The van der Waals surface area contributed by atoms with E-state index in [0.717, 1.165) is 11.1 Å². The third-order valence-electron chi connectivity index (χ3n) is 5.29. The summed E-state index contributed by atoms with van der Waals surface area (Å²) in [7, 11) is -1.65. The van der Waals surface area contributed by atoms with Crippen molar-refractivity contribution in [3.63, 3.8) is 0 Å². The molecule has 3 aromatic rings. The van der Waals surface area contributed by atoms with Crippen molar-refractivity contribution in [3.8, 4) is 11.4 Å². The summed E-state index contributed by atoms with van der Waals surface area (Å²) < 4.78 is 33.9. The summed E-state index contributed by atoms with van der Waals surface area (Å²) in [6, 6.07) is 14.2. The Balaban J connectivity index is 1.34. The highest BCUT2D eigenvalue weighted by molar-refractivity contribution is 7.89. The Hall–Kier alpha value is -3.08. The maximum atomic E-state index is 12.7. The number of rotatable bonds is 7. The minimum atomic E-state index is -3.51. The molecule has 4 rings (SSSR count). The van der Waals surface area contributed by atoms with Gasteiger partial charge in [0.2, 0.25) is 15.9 Å². The molecule has 0 bridgehead atoms. The van der Waals surface area contributed by atoms with E-state index in [4.69, 9.17) is 4.74 Å². The number of hydrogen-bond acceptors (Lipinski definition) is 6. The lowest BCUT2D eigenvalue weighted by molar-refractivity contribution is -0.116. The molecule has 168 valence electrons. The Bertz CT molecular complexity index is 1190. The summed E-state index contributed by atoms with van der Waals surface area (Å²) >= 11 is 0. The summed E-state index contributed by atoms with van der Waals surface area (Å²) in [6.45, 7) is 1.55. The van der Waals surface area contributed by atoms with E-state index in [0.29, 0.717) is 44.2 Å². The van der Waals surface area contributed by atoms with Crippen LogP contribution in [-0.4, -0.2) is 59.7 Å². The van der Waals surface area contributed by atoms with Gasteiger partial charge in [-0.3, -0.25) is 4.79 Å². The van der Waals surface area contributed by atoms with Gasteiger partial charge in [-0.05, 0) is 36.2 Å². The second-order valence-electron chi connectivity index (χ2n) is 7.55. The molecule has 1 N–H and O–H groups in total. The highest BCUT2D eigenvalue weighted by atomic mass is 32.2. The maximum absolute atomic E-state index is 12.7. The van der Waals surface area contributed by atoms with Gasteiger partial charge in [-0.2, -0.15) is 4.31 Å². The van der Waals surface area contributed by atoms with Crippen LogP contribution in [0.25, 0.3) is 11.4 Å². The number of aromatic nitrogens is 3. The molecule has 1 fully saturated rings. The number of amides is 1. The Labute approximate surface area is 187 Å². The lowest BCUT2D eigenvalue weighted by Gasteiger charge is -2.26. The number of ether oxygens (including phenoxy) is 1. The summed E-state index contributed by atoms with van der Waals surface area (Å²) in [4.78, 5) is 12.7. The number of benzene rings is 2. The summed E-state index contributed by atoms with van der Waals surface area (Å²) in [5, 5.41) is 10.9. The Morgan fingerprint density at radius 2 is 1.88 bits per heavy atom. The zero-order valence-corrected chi connectivity index (χ0v) is 18.6. The van der Waals surface area contributed by atoms with Gasteiger partial charge in [-0.25, -0.2) is 8.42 Å². The molecule has 9 nitrogen and oxygen atoms in total. The number of nitrogens with zero attached hydrogens (tertiary/aromatic N) is 4. The molecule has 1 amide bonds. The van der Waals surface area contributed by atoms with Crippen LogP contribution in [0.4, 0.5) is 5.69 Å². The van der Waals surface area contributed by atoms with E-state index >= 15 is 0 Å². The molecule has 1 aliphatic heterocycles. The molecule has 0 saturated carbocycles. The number of sulfonamides is 1.